The van der Waals surface area contributed by atoms with Crippen LogP contribution in [0.15, 0.2) is 18.2 Å². The van der Waals surface area contributed by atoms with Gasteiger partial charge in [0, 0.05) is 36.9 Å². The van der Waals surface area contributed by atoms with Crippen molar-refractivity contribution in [1.82, 2.24) is 5.32 Å². The number of carbonyl (C=O) groups is 1. The molecule has 0 spiro atoms. The molecule has 2 rings (SSSR count). The van der Waals surface area contributed by atoms with Crippen LogP contribution in [0.2, 0.25) is 5.02 Å². The Morgan fingerprint density at radius 3 is 2.75 bits per heavy atom. The van der Waals surface area contributed by atoms with Crippen LogP contribution in [0.3, 0.4) is 0 Å². The Labute approximate surface area is 124 Å². The second-order valence-corrected chi connectivity index (χ2v) is 6.10. The molecule has 1 amide bonds. The second kappa shape index (κ2) is 6.57. The molecule has 1 heterocycles. The van der Waals surface area contributed by atoms with Gasteiger partial charge in [-0.25, -0.2) is 0 Å². The van der Waals surface area contributed by atoms with Gasteiger partial charge < -0.3 is 15.8 Å². The summed E-state index contributed by atoms with van der Waals surface area (Å²) in [6, 6.07) is 5.18. The number of nitrogens with two attached hydrogens (primary N) is 1. The molecule has 4 nitrogen and oxygen atoms in total. The Bertz CT molecular complexity index is 485. The van der Waals surface area contributed by atoms with Crippen LogP contribution in [0.25, 0.3) is 0 Å². The van der Waals surface area contributed by atoms with E-state index in [-0.39, 0.29) is 5.41 Å². The largest absolute Gasteiger partial charge is 0.381 e. The molecule has 0 aromatic heterocycles. The fourth-order valence-electron chi connectivity index (χ4n) is 2.38. The predicted octanol–water partition coefficient (Wildman–Crippen LogP) is 2.35. The standard InChI is InChI=1S/C15H21ClN2O2/c1-15(4-6-20-7-5-15)10-18-9-12-3-2-11(14(17)19)8-13(12)16/h2-3,8,18H,4-7,9-10H2,1H3,(H2,17,19). The number of hydrogen-bond donors (Lipinski definition) is 2. The van der Waals surface area contributed by atoms with Gasteiger partial charge in [-0.05, 0) is 36.0 Å². The summed E-state index contributed by atoms with van der Waals surface area (Å²) >= 11 is 6.16. The number of benzene rings is 1. The van der Waals surface area contributed by atoms with E-state index in [0.29, 0.717) is 17.1 Å². The molecule has 1 aromatic carbocycles. The van der Waals surface area contributed by atoms with Crippen molar-refractivity contribution in [3.8, 4) is 0 Å². The molecule has 1 aliphatic heterocycles. The number of carbonyl (C=O) groups excluding carboxylic acids is 1. The van der Waals surface area contributed by atoms with E-state index in [0.717, 1.165) is 38.2 Å². The predicted molar refractivity (Wildman–Crippen MR) is 79.8 cm³/mol. The summed E-state index contributed by atoms with van der Waals surface area (Å²) in [5, 5.41) is 4.02. The number of halogens is 1. The van der Waals surface area contributed by atoms with Crippen molar-refractivity contribution in [3.63, 3.8) is 0 Å². The highest BCUT2D eigenvalue weighted by molar-refractivity contribution is 6.31. The quantitative estimate of drug-likeness (QED) is 0.876. The molecule has 0 saturated carbocycles. The van der Waals surface area contributed by atoms with E-state index in [4.69, 9.17) is 22.1 Å². The highest BCUT2D eigenvalue weighted by Crippen LogP contribution is 2.29. The molecule has 3 N–H and O–H groups in total. The van der Waals surface area contributed by atoms with Gasteiger partial charge in [0.1, 0.15) is 0 Å². The summed E-state index contributed by atoms with van der Waals surface area (Å²) in [5.74, 6) is -0.457. The van der Waals surface area contributed by atoms with Crippen molar-refractivity contribution in [1.29, 1.82) is 0 Å². The third kappa shape index (κ3) is 3.95. The number of ether oxygens (including phenoxy) is 1. The van der Waals surface area contributed by atoms with Crippen LogP contribution in [0.5, 0.6) is 0 Å². The van der Waals surface area contributed by atoms with E-state index in [9.17, 15) is 4.79 Å². The van der Waals surface area contributed by atoms with Crippen LogP contribution in [0.1, 0.15) is 35.7 Å². The molecule has 0 bridgehead atoms. The zero-order valence-electron chi connectivity index (χ0n) is 11.7. The van der Waals surface area contributed by atoms with Crippen LogP contribution in [0, 0.1) is 5.41 Å². The number of nitrogens with one attached hydrogen (secondary N) is 1. The average Bonchev–Trinajstić information content (AvgIpc) is 2.41. The molecule has 5 heteroatoms. The van der Waals surface area contributed by atoms with Gasteiger partial charge in [-0.15, -0.1) is 0 Å². The van der Waals surface area contributed by atoms with E-state index in [2.05, 4.69) is 12.2 Å². The molecule has 110 valence electrons. The van der Waals surface area contributed by atoms with Crippen molar-refractivity contribution in [2.24, 2.45) is 11.1 Å². The van der Waals surface area contributed by atoms with Gasteiger partial charge >= 0.3 is 0 Å². The lowest BCUT2D eigenvalue weighted by atomic mass is 9.82. The molecular weight excluding hydrogens is 276 g/mol. The summed E-state index contributed by atoms with van der Waals surface area (Å²) in [5.41, 5.74) is 6.93. The molecule has 1 fully saturated rings. The minimum atomic E-state index is -0.457. The van der Waals surface area contributed by atoms with Crippen LogP contribution in [0.4, 0.5) is 0 Å². The zero-order valence-corrected chi connectivity index (χ0v) is 12.5. The Kier molecular flexibility index (Phi) is 5.02. The van der Waals surface area contributed by atoms with Crippen LogP contribution >= 0.6 is 11.6 Å². The Morgan fingerprint density at radius 2 is 2.15 bits per heavy atom. The van der Waals surface area contributed by atoms with E-state index in [1.54, 1.807) is 12.1 Å². The lowest BCUT2D eigenvalue weighted by molar-refractivity contribution is 0.0240. The van der Waals surface area contributed by atoms with Crippen molar-refractivity contribution in [2.45, 2.75) is 26.3 Å². The van der Waals surface area contributed by atoms with Gasteiger partial charge in [0.15, 0.2) is 0 Å². The summed E-state index contributed by atoms with van der Waals surface area (Å²) in [6.07, 6.45) is 2.16. The molecule has 0 aliphatic carbocycles. The van der Waals surface area contributed by atoms with Crippen molar-refractivity contribution < 1.29 is 9.53 Å². The highest BCUT2D eigenvalue weighted by atomic mass is 35.5. The minimum absolute atomic E-state index is 0.290. The average molecular weight is 297 g/mol. The van der Waals surface area contributed by atoms with Crippen molar-refractivity contribution >= 4 is 17.5 Å². The molecule has 1 aliphatic rings. The number of rotatable bonds is 5. The van der Waals surface area contributed by atoms with Gasteiger partial charge in [-0.2, -0.15) is 0 Å². The number of hydrogen-bond acceptors (Lipinski definition) is 3. The molecular formula is C15H21ClN2O2. The normalized spacial score (nSPS) is 17.9. The molecule has 20 heavy (non-hydrogen) atoms. The summed E-state index contributed by atoms with van der Waals surface area (Å²) in [4.78, 5) is 11.1. The zero-order chi connectivity index (χ0) is 14.6. The fourth-order valence-corrected chi connectivity index (χ4v) is 2.63. The van der Waals surface area contributed by atoms with E-state index in [1.807, 2.05) is 6.07 Å². The van der Waals surface area contributed by atoms with Crippen molar-refractivity contribution in [2.75, 3.05) is 19.8 Å². The first-order valence-corrected chi connectivity index (χ1v) is 7.25. The third-order valence-electron chi connectivity index (χ3n) is 3.90. The van der Waals surface area contributed by atoms with Gasteiger partial charge in [-0.3, -0.25) is 4.79 Å². The highest BCUT2D eigenvalue weighted by Gasteiger charge is 2.26. The van der Waals surface area contributed by atoms with Gasteiger partial charge in [0.25, 0.3) is 0 Å². The Balaban J connectivity index is 1.89. The molecule has 0 radical (unpaired) electrons. The first kappa shape index (κ1) is 15.3. The van der Waals surface area contributed by atoms with E-state index >= 15 is 0 Å². The summed E-state index contributed by atoms with van der Waals surface area (Å²) < 4.78 is 5.39. The lowest BCUT2D eigenvalue weighted by Gasteiger charge is -2.33. The Hall–Kier alpha value is -1.10. The smallest absolute Gasteiger partial charge is 0.248 e. The maximum absolute atomic E-state index is 11.1. The molecule has 0 unspecified atom stereocenters. The maximum Gasteiger partial charge on any atom is 0.248 e. The number of amides is 1. The SMILES string of the molecule is CC1(CNCc2ccc(C(N)=O)cc2Cl)CCOCC1. The van der Waals surface area contributed by atoms with Gasteiger partial charge in [0.05, 0.1) is 0 Å². The van der Waals surface area contributed by atoms with Crippen LogP contribution in [-0.2, 0) is 11.3 Å². The second-order valence-electron chi connectivity index (χ2n) is 5.70. The summed E-state index contributed by atoms with van der Waals surface area (Å²) in [6.45, 7) is 5.58. The minimum Gasteiger partial charge on any atom is -0.381 e. The van der Waals surface area contributed by atoms with Crippen molar-refractivity contribution in [3.05, 3.63) is 34.3 Å². The third-order valence-corrected chi connectivity index (χ3v) is 4.26. The van der Waals surface area contributed by atoms with Gasteiger partial charge in [-0.1, -0.05) is 24.6 Å². The molecule has 1 aromatic rings. The summed E-state index contributed by atoms with van der Waals surface area (Å²) in [7, 11) is 0. The molecule has 1 saturated heterocycles. The van der Waals surface area contributed by atoms with E-state index < -0.39 is 5.91 Å². The first-order chi connectivity index (χ1) is 9.50. The first-order valence-electron chi connectivity index (χ1n) is 6.87. The lowest BCUT2D eigenvalue weighted by Crippen LogP contribution is -2.36. The van der Waals surface area contributed by atoms with Gasteiger partial charge in [0.2, 0.25) is 5.91 Å². The van der Waals surface area contributed by atoms with Crippen LogP contribution < -0.4 is 11.1 Å². The molecule has 0 atom stereocenters. The maximum atomic E-state index is 11.1. The van der Waals surface area contributed by atoms with E-state index in [1.165, 1.54) is 0 Å². The Morgan fingerprint density at radius 1 is 1.45 bits per heavy atom. The monoisotopic (exact) mass is 296 g/mol. The fraction of sp³-hybridized carbons (Fsp3) is 0.533. The number of primary amides is 1. The van der Waals surface area contributed by atoms with Crippen LogP contribution in [-0.4, -0.2) is 25.7 Å². The topological polar surface area (TPSA) is 64.3 Å².